The van der Waals surface area contributed by atoms with Crippen molar-refractivity contribution in [1.29, 1.82) is 0 Å². The molecule has 0 saturated heterocycles. The van der Waals surface area contributed by atoms with Crippen LogP contribution in [0.15, 0.2) is 71.2 Å². The number of rotatable bonds is 5. The highest BCUT2D eigenvalue weighted by atomic mass is 79.9. The summed E-state index contributed by atoms with van der Waals surface area (Å²) < 4.78 is 5.85. The van der Waals surface area contributed by atoms with Crippen molar-refractivity contribution in [3.05, 3.63) is 82.3 Å². The molecule has 0 aliphatic rings. The Kier molecular flexibility index (Phi) is 6.51. The maximum Gasteiger partial charge on any atom is 0.323 e. The van der Waals surface area contributed by atoms with Crippen LogP contribution in [0.2, 0.25) is 0 Å². The van der Waals surface area contributed by atoms with Crippen LogP contribution in [0.1, 0.15) is 15.9 Å². The van der Waals surface area contributed by atoms with E-state index in [4.69, 9.17) is 4.74 Å². The summed E-state index contributed by atoms with van der Waals surface area (Å²) in [6.45, 7) is 1.88. The molecule has 7 heteroatoms. The van der Waals surface area contributed by atoms with Crippen molar-refractivity contribution in [2.24, 2.45) is 0 Å². The van der Waals surface area contributed by atoms with Gasteiger partial charge in [0.1, 0.15) is 5.75 Å². The minimum absolute atomic E-state index is 0.287. The Morgan fingerprint density at radius 3 is 2.31 bits per heavy atom. The zero-order valence-corrected chi connectivity index (χ0v) is 17.5. The smallest absolute Gasteiger partial charge is 0.323 e. The van der Waals surface area contributed by atoms with Gasteiger partial charge in [-0.3, -0.25) is 4.79 Å². The van der Waals surface area contributed by atoms with E-state index < -0.39 is 0 Å². The van der Waals surface area contributed by atoms with Crippen molar-refractivity contribution < 1.29 is 14.3 Å². The van der Waals surface area contributed by atoms with Gasteiger partial charge in [0, 0.05) is 21.5 Å². The standard InChI is InChI=1S/C22H20BrN3O3/c1-14-8-9-16(25-22(28)24-15-6-4-3-5-7-15)12-20(14)26-21(27)18-13-17(29-2)10-11-19(18)23/h3-13H,1-2H3,(H,26,27)(H2,24,25,28). The molecule has 0 fully saturated rings. The molecule has 3 N–H and O–H groups in total. The van der Waals surface area contributed by atoms with Crippen LogP contribution in [0.5, 0.6) is 5.75 Å². The maximum absolute atomic E-state index is 12.7. The maximum atomic E-state index is 12.7. The Morgan fingerprint density at radius 1 is 0.862 bits per heavy atom. The van der Waals surface area contributed by atoms with Gasteiger partial charge in [-0.1, -0.05) is 24.3 Å². The van der Waals surface area contributed by atoms with E-state index in [1.165, 1.54) is 0 Å². The van der Waals surface area contributed by atoms with E-state index in [1.807, 2.05) is 31.2 Å². The number of benzene rings is 3. The average molecular weight is 454 g/mol. The summed E-state index contributed by atoms with van der Waals surface area (Å²) in [4.78, 5) is 24.9. The molecule has 0 aromatic heterocycles. The minimum Gasteiger partial charge on any atom is -0.497 e. The predicted octanol–water partition coefficient (Wildman–Crippen LogP) is 5.66. The fourth-order valence-electron chi connectivity index (χ4n) is 2.64. The Morgan fingerprint density at radius 2 is 1.59 bits per heavy atom. The molecule has 148 valence electrons. The van der Waals surface area contributed by atoms with Crippen molar-refractivity contribution in [2.75, 3.05) is 23.1 Å². The number of hydrogen-bond donors (Lipinski definition) is 3. The van der Waals surface area contributed by atoms with Gasteiger partial charge < -0.3 is 20.7 Å². The molecule has 0 atom stereocenters. The SMILES string of the molecule is COc1ccc(Br)c(C(=O)Nc2cc(NC(=O)Nc3ccccc3)ccc2C)c1. The van der Waals surface area contributed by atoms with Gasteiger partial charge in [0.25, 0.3) is 5.91 Å². The van der Waals surface area contributed by atoms with E-state index in [9.17, 15) is 9.59 Å². The van der Waals surface area contributed by atoms with Gasteiger partial charge in [0.05, 0.1) is 12.7 Å². The second-order valence-electron chi connectivity index (χ2n) is 6.27. The number of hydrogen-bond acceptors (Lipinski definition) is 3. The van der Waals surface area contributed by atoms with Gasteiger partial charge in [0.2, 0.25) is 0 Å². The molecule has 3 amide bonds. The van der Waals surface area contributed by atoms with E-state index in [0.29, 0.717) is 32.8 Å². The van der Waals surface area contributed by atoms with Gasteiger partial charge in [-0.25, -0.2) is 4.79 Å². The first-order valence-corrected chi connectivity index (χ1v) is 9.64. The van der Waals surface area contributed by atoms with Crippen LogP contribution in [-0.4, -0.2) is 19.0 Å². The molecule has 3 aromatic carbocycles. The van der Waals surface area contributed by atoms with Crippen LogP contribution in [0.3, 0.4) is 0 Å². The third kappa shape index (κ3) is 5.36. The Balaban J connectivity index is 1.73. The average Bonchev–Trinajstić information content (AvgIpc) is 2.71. The molecule has 0 aliphatic heterocycles. The Hall–Kier alpha value is -3.32. The fraction of sp³-hybridized carbons (Fsp3) is 0.0909. The quantitative estimate of drug-likeness (QED) is 0.465. The zero-order valence-electron chi connectivity index (χ0n) is 16.0. The van der Waals surface area contributed by atoms with E-state index in [0.717, 1.165) is 5.56 Å². The molecule has 3 aromatic rings. The Bertz CT molecular complexity index is 1040. The van der Waals surface area contributed by atoms with Crippen molar-refractivity contribution >= 4 is 44.9 Å². The van der Waals surface area contributed by atoms with Crippen molar-refractivity contribution in [1.82, 2.24) is 0 Å². The monoisotopic (exact) mass is 453 g/mol. The van der Waals surface area contributed by atoms with Crippen LogP contribution in [-0.2, 0) is 0 Å². The fourth-order valence-corrected chi connectivity index (χ4v) is 3.07. The third-order valence-electron chi connectivity index (χ3n) is 4.19. The molecule has 0 unspecified atom stereocenters. The molecule has 0 radical (unpaired) electrons. The van der Waals surface area contributed by atoms with Crippen molar-refractivity contribution in [3.63, 3.8) is 0 Å². The van der Waals surface area contributed by atoms with Gasteiger partial charge in [-0.05, 0) is 70.9 Å². The summed E-state index contributed by atoms with van der Waals surface area (Å²) in [6.07, 6.45) is 0. The predicted molar refractivity (Wildman–Crippen MR) is 119 cm³/mol. The summed E-state index contributed by atoms with van der Waals surface area (Å²) in [6, 6.07) is 19.3. The van der Waals surface area contributed by atoms with Gasteiger partial charge in [-0.15, -0.1) is 0 Å². The summed E-state index contributed by atoms with van der Waals surface area (Å²) in [5, 5.41) is 8.41. The molecule has 0 bridgehead atoms. The highest BCUT2D eigenvalue weighted by Gasteiger charge is 2.13. The summed E-state index contributed by atoms with van der Waals surface area (Å²) in [5.74, 6) is 0.299. The molecule has 0 spiro atoms. The number of ether oxygens (including phenoxy) is 1. The van der Waals surface area contributed by atoms with Crippen LogP contribution in [0.4, 0.5) is 21.9 Å². The van der Waals surface area contributed by atoms with Gasteiger partial charge in [0.15, 0.2) is 0 Å². The molecular formula is C22H20BrN3O3. The molecular weight excluding hydrogens is 434 g/mol. The molecule has 29 heavy (non-hydrogen) atoms. The van der Waals surface area contributed by atoms with Crippen LogP contribution in [0, 0.1) is 6.92 Å². The first-order chi connectivity index (χ1) is 14.0. The Labute approximate surface area is 177 Å². The summed E-state index contributed by atoms with van der Waals surface area (Å²) >= 11 is 3.39. The van der Waals surface area contributed by atoms with E-state index >= 15 is 0 Å². The number of carbonyl (C=O) groups excluding carboxylic acids is 2. The molecule has 0 heterocycles. The second-order valence-corrected chi connectivity index (χ2v) is 7.13. The zero-order chi connectivity index (χ0) is 20.8. The van der Waals surface area contributed by atoms with Gasteiger partial charge in [-0.2, -0.15) is 0 Å². The number of nitrogens with one attached hydrogen (secondary N) is 3. The topological polar surface area (TPSA) is 79.5 Å². The number of amides is 3. The largest absolute Gasteiger partial charge is 0.497 e. The lowest BCUT2D eigenvalue weighted by atomic mass is 10.1. The number of para-hydroxylation sites is 1. The normalized spacial score (nSPS) is 10.2. The summed E-state index contributed by atoms with van der Waals surface area (Å²) in [7, 11) is 1.55. The number of methoxy groups -OCH3 is 1. The summed E-state index contributed by atoms with van der Waals surface area (Å²) in [5.41, 5.74) is 3.16. The lowest BCUT2D eigenvalue weighted by Gasteiger charge is -2.13. The van der Waals surface area contributed by atoms with E-state index in [2.05, 4.69) is 31.9 Å². The number of carbonyl (C=O) groups is 2. The van der Waals surface area contributed by atoms with Crippen LogP contribution in [0.25, 0.3) is 0 Å². The minimum atomic E-state index is -0.368. The molecule has 0 saturated carbocycles. The van der Waals surface area contributed by atoms with Crippen LogP contribution < -0.4 is 20.7 Å². The lowest BCUT2D eigenvalue weighted by molar-refractivity contribution is 0.102. The lowest BCUT2D eigenvalue weighted by Crippen LogP contribution is -2.19. The molecule has 3 rings (SSSR count). The number of halogens is 1. The number of anilines is 3. The van der Waals surface area contributed by atoms with E-state index in [1.54, 1.807) is 49.6 Å². The van der Waals surface area contributed by atoms with E-state index in [-0.39, 0.29) is 11.9 Å². The highest BCUT2D eigenvalue weighted by Crippen LogP contribution is 2.26. The number of aryl methyl sites for hydroxylation is 1. The third-order valence-corrected chi connectivity index (χ3v) is 4.88. The second kappa shape index (κ2) is 9.25. The first kappa shape index (κ1) is 20.4. The molecule has 6 nitrogen and oxygen atoms in total. The van der Waals surface area contributed by atoms with Crippen molar-refractivity contribution in [2.45, 2.75) is 6.92 Å². The van der Waals surface area contributed by atoms with Crippen molar-refractivity contribution in [3.8, 4) is 5.75 Å². The first-order valence-electron chi connectivity index (χ1n) is 8.85. The molecule has 0 aliphatic carbocycles. The highest BCUT2D eigenvalue weighted by molar-refractivity contribution is 9.10. The van der Waals surface area contributed by atoms with Crippen LogP contribution >= 0.6 is 15.9 Å². The van der Waals surface area contributed by atoms with Gasteiger partial charge >= 0.3 is 6.03 Å². The number of urea groups is 1.